The maximum atomic E-state index is 10.7. The van der Waals surface area contributed by atoms with Crippen molar-refractivity contribution in [2.24, 2.45) is 5.92 Å². The normalized spacial score (nSPS) is 14.2. The number of carboxylic acids is 1. The van der Waals surface area contributed by atoms with Gasteiger partial charge in [0, 0.05) is 6.42 Å². The maximum absolute atomic E-state index is 10.7. The molecule has 0 fully saturated rings. The number of carbonyl (C=O) groups is 1. The minimum absolute atomic E-state index is 0.0548. The maximum Gasteiger partial charge on any atom is 0.303 e. The summed E-state index contributed by atoms with van der Waals surface area (Å²) in [4.78, 5) is 10.7. The summed E-state index contributed by atoms with van der Waals surface area (Å²) in [6, 6.07) is 12.0. The lowest BCUT2D eigenvalue weighted by molar-refractivity contribution is -0.138. The van der Waals surface area contributed by atoms with Crippen LogP contribution in [0.5, 0.6) is 0 Å². The number of aliphatic carboxylic acids is 1. The molecule has 0 radical (unpaired) electrons. The lowest BCUT2D eigenvalue weighted by Crippen LogP contribution is -2.10. The third-order valence-corrected chi connectivity index (χ3v) is 3.67. The fraction of sp³-hybridized carbons (Fsp3) is 0.353. The van der Waals surface area contributed by atoms with Crippen LogP contribution < -0.4 is 0 Å². The van der Waals surface area contributed by atoms with Crippen LogP contribution in [-0.2, 0) is 4.79 Å². The summed E-state index contributed by atoms with van der Waals surface area (Å²) in [5.41, 5.74) is 1.96. The lowest BCUT2D eigenvalue weighted by Gasteiger charge is -2.19. The van der Waals surface area contributed by atoms with Crippen molar-refractivity contribution in [2.75, 3.05) is 0 Å². The van der Waals surface area contributed by atoms with Crippen molar-refractivity contribution in [3.63, 3.8) is 0 Å². The molecule has 0 bridgehead atoms. The first-order valence-electron chi connectivity index (χ1n) is 6.87. The van der Waals surface area contributed by atoms with Crippen LogP contribution in [0.15, 0.2) is 36.4 Å². The highest BCUT2D eigenvalue weighted by Crippen LogP contribution is 2.31. The molecule has 0 saturated carbocycles. The molecule has 0 aliphatic carbocycles. The standard InChI is InChI=1S/C17H20O3/c1-11(10-16(19)20)9-15(18)17-12(2)7-8-13-5-3-4-6-14(13)17/h3-8,11,15,18H,9-10H2,1-2H3,(H,19,20). The number of aryl methyl sites for hydroxylation is 1. The minimum atomic E-state index is -0.820. The van der Waals surface area contributed by atoms with Gasteiger partial charge >= 0.3 is 5.97 Å². The molecular weight excluding hydrogens is 252 g/mol. The average molecular weight is 272 g/mol. The molecule has 2 rings (SSSR count). The second kappa shape index (κ2) is 6.06. The molecule has 2 unspecified atom stereocenters. The van der Waals surface area contributed by atoms with E-state index in [0.29, 0.717) is 6.42 Å². The zero-order valence-corrected chi connectivity index (χ0v) is 11.8. The molecule has 3 heteroatoms. The first-order valence-corrected chi connectivity index (χ1v) is 6.87. The van der Waals surface area contributed by atoms with Crippen molar-refractivity contribution >= 4 is 16.7 Å². The highest BCUT2D eigenvalue weighted by molar-refractivity contribution is 5.87. The topological polar surface area (TPSA) is 57.5 Å². The average Bonchev–Trinajstić information content (AvgIpc) is 2.37. The van der Waals surface area contributed by atoms with Gasteiger partial charge in [-0.15, -0.1) is 0 Å². The van der Waals surface area contributed by atoms with E-state index in [0.717, 1.165) is 21.9 Å². The van der Waals surface area contributed by atoms with Gasteiger partial charge in [0.1, 0.15) is 0 Å². The van der Waals surface area contributed by atoms with E-state index in [4.69, 9.17) is 5.11 Å². The number of fused-ring (bicyclic) bond motifs is 1. The van der Waals surface area contributed by atoms with Gasteiger partial charge in [0.2, 0.25) is 0 Å². The van der Waals surface area contributed by atoms with Crippen molar-refractivity contribution in [3.05, 3.63) is 47.5 Å². The molecule has 0 heterocycles. The Labute approximate surface area is 118 Å². The minimum Gasteiger partial charge on any atom is -0.481 e. The Morgan fingerprint density at radius 1 is 1.20 bits per heavy atom. The summed E-state index contributed by atoms with van der Waals surface area (Å²) in [6.45, 7) is 3.84. The quantitative estimate of drug-likeness (QED) is 0.873. The zero-order valence-electron chi connectivity index (χ0n) is 11.8. The lowest BCUT2D eigenvalue weighted by atomic mass is 9.90. The molecular formula is C17H20O3. The van der Waals surface area contributed by atoms with Gasteiger partial charge < -0.3 is 10.2 Å². The van der Waals surface area contributed by atoms with E-state index in [-0.39, 0.29) is 12.3 Å². The molecule has 3 nitrogen and oxygen atoms in total. The van der Waals surface area contributed by atoms with Crippen molar-refractivity contribution < 1.29 is 15.0 Å². The molecule has 0 aliphatic heterocycles. The summed E-state index contributed by atoms with van der Waals surface area (Å²) in [6.07, 6.45) is -0.0855. The van der Waals surface area contributed by atoms with E-state index in [2.05, 4.69) is 0 Å². The zero-order chi connectivity index (χ0) is 14.7. The Bertz CT molecular complexity index is 619. The molecule has 20 heavy (non-hydrogen) atoms. The van der Waals surface area contributed by atoms with Crippen molar-refractivity contribution in [1.82, 2.24) is 0 Å². The van der Waals surface area contributed by atoms with Gasteiger partial charge in [0.25, 0.3) is 0 Å². The molecule has 0 spiro atoms. The molecule has 106 valence electrons. The third-order valence-electron chi connectivity index (χ3n) is 3.67. The summed E-state index contributed by atoms with van der Waals surface area (Å²) in [5.74, 6) is -0.875. The number of aliphatic hydroxyl groups excluding tert-OH is 1. The van der Waals surface area contributed by atoms with Gasteiger partial charge in [-0.3, -0.25) is 4.79 Å². The van der Waals surface area contributed by atoms with Crippen LogP contribution in [0, 0.1) is 12.8 Å². The summed E-state index contributed by atoms with van der Waals surface area (Å²) >= 11 is 0. The number of carboxylic acid groups (broad SMARTS) is 1. The van der Waals surface area contributed by atoms with Gasteiger partial charge in [-0.1, -0.05) is 43.3 Å². The highest BCUT2D eigenvalue weighted by Gasteiger charge is 2.18. The second-order valence-corrected chi connectivity index (χ2v) is 5.47. The first-order chi connectivity index (χ1) is 9.49. The number of rotatable bonds is 5. The Balaban J connectivity index is 2.31. The molecule has 0 saturated heterocycles. The first kappa shape index (κ1) is 14.5. The summed E-state index contributed by atoms with van der Waals surface area (Å²) in [5, 5.41) is 21.4. The van der Waals surface area contributed by atoms with Gasteiger partial charge in [-0.25, -0.2) is 0 Å². The molecule has 0 aromatic heterocycles. The molecule has 0 amide bonds. The van der Waals surface area contributed by atoms with Crippen LogP contribution in [-0.4, -0.2) is 16.2 Å². The molecule has 2 atom stereocenters. The van der Waals surface area contributed by atoms with Crippen LogP contribution in [0.3, 0.4) is 0 Å². The van der Waals surface area contributed by atoms with E-state index in [1.807, 2.05) is 50.2 Å². The van der Waals surface area contributed by atoms with E-state index in [9.17, 15) is 9.90 Å². The Hall–Kier alpha value is -1.87. The Morgan fingerprint density at radius 2 is 1.90 bits per heavy atom. The number of aliphatic hydroxyl groups is 1. The van der Waals surface area contributed by atoms with Gasteiger partial charge in [0.05, 0.1) is 6.10 Å². The largest absolute Gasteiger partial charge is 0.481 e. The molecule has 0 aliphatic rings. The van der Waals surface area contributed by atoms with Gasteiger partial charge in [0.15, 0.2) is 0 Å². The Morgan fingerprint density at radius 3 is 2.60 bits per heavy atom. The monoisotopic (exact) mass is 272 g/mol. The van der Waals surface area contributed by atoms with Gasteiger partial charge in [-0.2, -0.15) is 0 Å². The highest BCUT2D eigenvalue weighted by atomic mass is 16.4. The number of benzene rings is 2. The molecule has 2 aromatic rings. The SMILES string of the molecule is Cc1ccc2ccccc2c1C(O)CC(C)CC(=O)O. The van der Waals surface area contributed by atoms with E-state index in [1.54, 1.807) is 0 Å². The third kappa shape index (κ3) is 3.17. The van der Waals surface area contributed by atoms with Crippen molar-refractivity contribution in [2.45, 2.75) is 32.8 Å². The van der Waals surface area contributed by atoms with Gasteiger partial charge in [-0.05, 0) is 41.2 Å². The molecule has 2 N–H and O–H groups in total. The van der Waals surface area contributed by atoms with E-state index < -0.39 is 12.1 Å². The smallest absolute Gasteiger partial charge is 0.303 e. The van der Waals surface area contributed by atoms with Crippen LogP contribution in [0.2, 0.25) is 0 Å². The van der Waals surface area contributed by atoms with Crippen LogP contribution >= 0.6 is 0 Å². The fourth-order valence-corrected chi connectivity index (χ4v) is 2.73. The predicted octanol–water partition coefficient (Wildman–Crippen LogP) is 3.68. The Kier molecular flexibility index (Phi) is 4.40. The van der Waals surface area contributed by atoms with Crippen molar-refractivity contribution in [1.29, 1.82) is 0 Å². The number of hydrogen-bond acceptors (Lipinski definition) is 2. The molecule has 2 aromatic carbocycles. The number of hydrogen-bond donors (Lipinski definition) is 2. The van der Waals surface area contributed by atoms with E-state index in [1.165, 1.54) is 0 Å². The summed E-state index contributed by atoms with van der Waals surface area (Å²) in [7, 11) is 0. The predicted molar refractivity (Wildman–Crippen MR) is 79.7 cm³/mol. The van der Waals surface area contributed by atoms with Crippen LogP contribution in [0.1, 0.15) is 37.0 Å². The summed E-state index contributed by atoms with van der Waals surface area (Å²) < 4.78 is 0. The van der Waals surface area contributed by atoms with Crippen LogP contribution in [0.4, 0.5) is 0 Å². The van der Waals surface area contributed by atoms with Crippen LogP contribution in [0.25, 0.3) is 10.8 Å². The van der Waals surface area contributed by atoms with Crippen molar-refractivity contribution in [3.8, 4) is 0 Å². The second-order valence-electron chi connectivity index (χ2n) is 5.47. The van der Waals surface area contributed by atoms with E-state index >= 15 is 0 Å². The fourth-order valence-electron chi connectivity index (χ4n) is 2.73.